The molecule has 6 heteroatoms. The highest BCUT2D eigenvalue weighted by Crippen LogP contribution is 2.20. The average molecular weight is 282 g/mol. The fourth-order valence-corrected chi connectivity index (χ4v) is 2.59. The molecule has 102 valence electrons. The van der Waals surface area contributed by atoms with Gasteiger partial charge < -0.3 is 10.2 Å². The van der Waals surface area contributed by atoms with Gasteiger partial charge in [0, 0.05) is 0 Å². The number of hydrogen-bond acceptors (Lipinski definition) is 5. The van der Waals surface area contributed by atoms with Gasteiger partial charge in [-0.2, -0.15) is 8.42 Å². The molecule has 0 fully saturated rings. The molecular weight excluding hydrogens is 268 g/mol. The van der Waals surface area contributed by atoms with Crippen LogP contribution in [0, 0.1) is 0 Å². The SMILES string of the molecule is O=S(=O)(OC[C@@H](O)CO)c1ccc2ccccc2c1. The smallest absolute Gasteiger partial charge is 0.297 e. The standard InChI is InChI=1S/C13H14O5S/c14-8-12(15)9-18-19(16,17)13-6-5-10-3-1-2-4-11(10)7-13/h1-7,12,14-15H,8-9H2/t12-/m0/s1. The molecule has 0 spiro atoms. The summed E-state index contributed by atoms with van der Waals surface area (Å²) in [5, 5.41) is 19.4. The molecule has 0 radical (unpaired) electrons. The zero-order valence-corrected chi connectivity index (χ0v) is 10.9. The van der Waals surface area contributed by atoms with Gasteiger partial charge in [0.05, 0.1) is 18.1 Å². The van der Waals surface area contributed by atoms with Crippen molar-refractivity contribution in [1.82, 2.24) is 0 Å². The van der Waals surface area contributed by atoms with Crippen molar-refractivity contribution < 1.29 is 22.8 Å². The Balaban J connectivity index is 2.27. The van der Waals surface area contributed by atoms with Crippen molar-refractivity contribution in [1.29, 1.82) is 0 Å². The van der Waals surface area contributed by atoms with Crippen LogP contribution >= 0.6 is 0 Å². The maximum Gasteiger partial charge on any atom is 0.297 e. The first-order valence-corrected chi connectivity index (χ1v) is 7.11. The number of fused-ring (bicyclic) bond motifs is 1. The fraction of sp³-hybridized carbons (Fsp3) is 0.231. The average Bonchev–Trinajstić information content (AvgIpc) is 2.44. The molecule has 2 rings (SSSR count). The molecule has 0 bridgehead atoms. The van der Waals surface area contributed by atoms with Crippen molar-refractivity contribution in [2.75, 3.05) is 13.2 Å². The third-order valence-electron chi connectivity index (χ3n) is 2.64. The molecule has 2 N–H and O–H groups in total. The summed E-state index contributed by atoms with van der Waals surface area (Å²) in [5.41, 5.74) is 0. The molecule has 0 aromatic heterocycles. The third-order valence-corrected chi connectivity index (χ3v) is 3.91. The van der Waals surface area contributed by atoms with E-state index in [0.717, 1.165) is 10.8 Å². The van der Waals surface area contributed by atoms with Crippen molar-refractivity contribution in [2.45, 2.75) is 11.0 Å². The molecule has 0 heterocycles. The maximum atomic E-state index is 11.9. The lowest BCUT2D eigenvalue weighted by Gasteiger charge is -2.09. The van der Waals surface area contributed by atoms with E-state index in [0.29, 0.717) is 0 Å². The summed E-state index contributed by atoms with van der Waals surface area (Å²) < 4.78 is 28.4. The minimum Gasteiger partial charge on any atom is -0.394 e. The predicted molar refractivity (Wildman–Crippen MR) is 70.2 cm³/mol. The molecule has 0 aliphatic carbocycles. The molecule has 0 saturated carbocycles. The van der Waals surface area contributed by atoms with Crippen LogP contribution < -0.4 is 0 Å². The summed E-state index contributed by atoms with van der Waals surface area (Å²) in [6.07, 6.45) is -1.21. The van der Waals surface area contributed by atoms with Crippen LogP contribution in [0.4, 0.5) is 0 Å². The number of aliphatic hydroxyl groups is 2. The highest BCUT2D eigenvalue weighted by Gasteiger charge is 2.17. The normalized spacial score (nSPS) is 13.6. The summed E-state index contributed by atoms with van der Waals surface area (Å²) in [6, 6.07) is 12.0. The highest BCUT2D eigenvalue weighted by molar-refractivity contribution is 7.86. The Labute approximate surface area is 111 Å². The van der Waals surface area contributed by atoms with Crippen LogP contribution in [-0.4, -0.2) is 37.9 Å². The maximum absolute atomic E-state index is 11.9. The molecule has 0 saturated heterocycles. The summed E-state index contributed by atoms with van der Waals surface area (Å²) in [4.78, 5) is 0.0244. The van der Waals surface area contributed by atoms with Crippen molar-refractivity contribution in [3.63, 3.8) is 0 Å². The van der Waals surface area contributed by atoms with E-state index in [1.807, 2.05) is 18.2 Å². The summed E-state index contributed by atoms with van der Waals surface area (Å²) in [7, 11) is -3.93. The number of benzene rings is 2. The zero-order chi connectivity index (χ0) is 13.9. The monoisotopic (exact) mass is 282 g/mol. The Hall–Kier alpha value is -1.47. The van der Waals surface area contributed by atoms with Crippen LogP contribution in [0.25, 0.3) is 10.8 Å². The van der Waals surface area contributed by atoms with E-state index in [2.05, 4.69) is 4.18 Å². The first-order chi connectivity index (χ1) is 9.03. The van der Waals surface area contributed by atoms with Crippen LogP contribution in [0.1, 0.15) is 0 Å². The largest absolute Gasteiger partial charge is 0.394 e. The molecule has 1 atom stereocenters. The van der Waals surface area contributed by atoms with Gasteiger partial charge in [-0.15, -0.1) is 0 Å². The Morgan fingerprint density at radius 2 is 1.79 bits per heavy atom. The molecule has 0 amide bonds. The molecule has 0 aliphatic heterocycles. The molecule has 0 unspecified atom stereocenters. The van der Waals surface area contributed by atoms with Gasteiger partial charge in [-0.3, -0.25) is 4.18 Å². The number of aliphatic hydroxyl groups excluding tert-OH is 2. The van der Waals surface area contributed by atoms with Crippen LogP contribution in [0.15, 0.2) is 47.4 Å². The van der Waals surface area contributed by atoms with E-state index in [1.165, 1.54) is 12.1 Å². The van der Waals surface area contributed by atoms with Crippen molar-refractivity contribution >= 4 is 20.9 Å². The lowest BCUT2D eigenvalue weighted by atomic mass is 10.1. The first kappa shape index (κ1) is 14.0. The Morgan fingerprint density at radius 1 is 1.11 bits per heavy atom. The topological polar surface area (TPSA) is 83.8 Å². The van der Waals surface area contributed by atoms with Gasteiger partial charge in [-0.25, -0.2) is 0 Å². The van der Waals surface area contributed by atoms with E-state index < -0.39 is 29.4 Å². The summed E-state index contributed by atoms with van der Waals surface area (Å²) in [6.45, 7) is -1.01. The van der Waals surface area contributed by atoms with E-state index >= 15 is 0 Å². The van der Waals surface area contributed by atoms with E-state index in [9.17, 15) is 8.42 Å². The second-order valence-corrected chi connectivity index (χ2v) is 5.70. The zero-order valence-electron chi connectivity index (χ0n) is 10.1. The van der Waals surface area contributed by atoms with Crippen LogP contribution in [0.5, 0.6) is 0 Å². The van der Waals surface area contributed by atoms with Crippen molar-refractivity contribution in [3.8, 4) is 0 Å². The van der Waals surface area contributed by atoms with Gasteiger partial charge >= 0.3 is 0 Å². The van der Waals surface area contributed by atoms with Gasteiger partial charge in [0.15, 0.2) is 0 Å². The second kappa shape index (κ2) is 5.66. The first-order valence-electron chi connectivity index (χ1n) is 5.70. The third kappa shape index (κ3) is 3.30. The molecule has 0 aliphatic rings. The van der Waals surface area contributed by atoms with Crippen LogP contribution in [0.2, 0.25) is 0 Å². The van der Waals surface area contributed by atoms with E-state index in [-0.39, 0.29) is 4.90 Å². The Bertz CT molecular complexity index is 666. The molecule has 5 nitrogen and oxygen atoms in total. The molecule has 19 heavy (non-hydrogen) atoms. The number of rotatable bonds is 5. The van der Waals surface area contributed by atoms with Gasteiger partial charge in [-0.1, -0.05) is 30.3 Å². The fourth-order valence-electron chi connectivity index (χ4n) is 1.61. The van der Waals surface area contributed by atoms with Gasteiger partial charge in [0.25, 0.3) is 10.1 Å². The Kier molecular flexibility index (Phi) is 4.16. The summed E-state index contributed by atoms with van der Waals surface area (Å²) in [5.74, 6) is 0. The second-order valence-electron chi connectivity index (χ2n) is 4.08. The Morgan fingerprint density at radius 3 is 2.47 bits per heavy atom. The quantitative estimate of drug-likeness (QED) is 0.796. The van der Waals surface area contributed by atoms with E-state index in [4.69, 9.17) is 10.2 Å². The lowest BCUT2D eigenvalue weighted by molar-refractivity contribution is 0.0557. The lowest BCUT2D eigenvalue weighted by Crippen LogP contribution is -2.22. The minimum atomic E-state index is -3.93. The molecule has 2 aromatic carbocycles. The minimum absolute atomic E-state index is 0.0244. The predicted octanol–water partition coefficient (Wildman–Crippen LogP) is 0.898. The van der Waals surface area contributed by atoms with Crippen LogP contribution in [-0.2, 0) is 14.3 Å². The van der Waals surface area contributed by atoms with Crippen molar-refractivity contribution in [2.24, 2.45) is 0 Å². The van der Waals surface area contributed by atoms with Gasteiger partial charge in [0.2, 0.25) is 0 Å². The molecule has 2 aromatic rings. The number of hydrogen-bond donors (Lipinski definition) is 2. The summed E-state index contributed by atoms with van der Waals surface area (Å²) >= 11 is 0. The van der Waals surface area contributed by atoms with Gasteiger partial charge in [0.1, 0.15) is 6.10 Å². The van der Waals surface area contributed by atoms with Gasteiger partial charge in [-0.05, 0) is 22.9 Å². The van der Waals surface area contributed by atoms with E-state index in [1.54, 1.807) is 12.1 Å². The molecular formula is C13H14O5S. The van der Waals surface area contributed by atoms with Crippen LogP contribution in [0.3, 0.4) is 0 Å². The van der Waals surface area contributed by atoms with Crippen molar-refractivity contribution in [3.05, 3.63) is 42.5 Å². The highest BCUT2D eigenvalue weighted by atomic mass is 32.2.